The lowest BCUT2D eigenvalue weighted by molar-refractivity contribution is -0.115. The van der Waals surface area contributed by atoms with Gasteiger partial charge in [0.2, 0.25) is 5.91 Å². The zero-order valence-corrected chi connectivity index (χ0v) is 22.9. The van der Waals surface area contributed by atoms with Crippen molar-refractivity contribution in [3.05, 3.63) is 126 Å². The van der Waals surface area contributed by atoms with Crippen LogP contribution < -0.4 is 20.1 Å². The van der Waals surface area contributed by atoms with E-state index in [1.807, 2.05) is 91.0 Å². The van der Waals surface area contributed by atoms with Crippen LogP contribution in [-0.2, 0) is 4.79 Å². The molecule has 5 aromatic rings. The van der Waals surface area contributed by atoms with Crippen LogP contribution in [0.3, 0.4) is 0 Å². The predicted octanol–water partition coefficient (Wildman–Crippen LogP) is 7.58. The number of benzene rings is 5. The first-order valence-corrected chi connectivity index (χ1v) is 13.6. The summed E-state index contributed by atoms with van der Waals surface area (Å²) in [7, 11) is 3.02. The number of methoxy groups -OCH3 is 2. The summed E-state index contributed by atoms with van der Waals surface area (Å²) in [5, 5.41) is 7.58. The maximum atomic E-state index is 13.7. The molecule has 0 heterocycles. The zero-order chi connectivity index (χ0) is 27.9. The predicted molar refractivity (Wildman–Crippen MR) is 162 cm³/mol. The Balaban J connectivity index is 1.40. The van der Waals surface area contributed by atoms with Gasteiger partial charge in [-0.3, -0.25) is 9.59 Å². The number of ether oxygens (including phenoxy) is 2. The molecule has 1 atom stereocenters. The number of amides is 2. The molecule has 40 heavy (non-hydrogen) atoms. The number of carbonyl (C=O) groups is 2. The molecule has 1 unspecified atom stereocenters. The van der Waals surface area contributed by atoms with Crippen molar-refractivity contribution in [3.63, 3.8) is 0 Å². The molecule has 5 aromatic carbocycles. The van der Waals surface area contributed by atoms with Crippen molar-refractivity contribution in [1.82, 2.24) is 0 Å². The monoisotopic (exact) mass is 548 g/mol. The zero-order valence-electron chi connectivity index (χ0n) is 22.1. The van der Waals surface area contributed by atoms with Crippen LogP contribution in [0.4, 0.5) is 11.4 Å². The second-order valence-corrected chi connectivity index (χ2v) is 10.1. The largest absolute Gasteiger partial charge is 0.496 e. The van der Waals surface area contributed by atoms with Crippen LogP contribution in [-0.4, -0.2) is 26.0 Å². The number of thioether (sulfide) groups is 1. The lowest BCUT2D eigenvalue weighted by atomic mass is 10.1. The van der Waals surface area contributed by atoms with Crippen molar-refractivity contribution in [2.75, 3.05) is 24.9 Å². The summed E-state index contributed by atoms with van der Waals surface area (Å²) in [5.74, 6) is 0.332. The van der Waals surface area contributed by atoms with Gasteiger partial charge in [-0.15, -0.1) is 11.8 Å². The topological polar surface area (TPSA) is 76.7 Å². The summed E-state index contributed by atoms with van der Waals surface area (Å²) >= 11 is 1.41. The normalized spacial score (nSPS) is 11.4. The fourth-order valence-corrected chi connectivity index (χ4v) is 5.57. The highest BCUT2D eigenvalue weighted by atomic mass is 32.2. The van der Waals surface area contributed by atoms with Crippen LogP contribution in [0.5, 0.6) is 11.5 Å². The SMILES string of the molecule is COc1cccc(OC)c1C(=O)Nc1cccc(SC(C(=O)Nc2cccc3ccccc23)c2ccccc2)c1. The molecule has 7 heteroatoms. The van der Waals surface area contributed by atoms with Gasteiger partial charge in [0.25, 0.3) is 5.91 Å². The first-order valence-electron chi connectivity index (χ1n) is 12.7. The van der Waals surface area contributed by atoms with Gasteiger partial charge in [-0.1, -0.05) is 78.9 Å². The number of anilines is 2. The molecule has 0 aliphatic carbocycles. The molecule has 0 saturated carbocycles. The van der Waals surface area contributed by atoms with Crippen LogP contribution in [0.2, 0.25) is 0 Å². The Bertz CT molecular complexity index is 1630. The third-order valence-electron chi connectivity index (χ3n) is 6.39. The quantitative estimate of drug-likeness (QED) is 0.186. The Labute approximate surface area is 237 Å². The van der Waals surface area contributed by atoms with Gasteiger partial charge in [-0.2, -0.15) is 0 Å². The number of fused-ring (bicyclic) bond motifs is 1. The third kappa shape index (κ3) is 5.95. The van der Waals surface area contributed by atoms with Crippen LogP contribution >= 0.6 is 11.8 Å². The van der Waals surface area contributed by atoms with E-state index >= 15 is 0 Å². The van der Waals surface area contributed by atoms with Crippen molar-refractivity contribution in [3.8, 4) is 11.5 Å². The van der Waals surface area contributed by atoms with Crippen molar-refractivity contribution < 1.29 is 19.1 Å². The summed E-state index contributed by atoms with van der Waals surface area (Å²) in [6, 6.07) is 36.1. The van der Waals surface area contributed by atoms with Gasteiger partial charge >= 0.3 is 0 Å². The van der Waals surface area contributed by atoms with Crippen molar-refractivity contribution in [2.45, 2.75) is 10.1 Å². The first kappa shape index (κ1) is 26.8. The number of hydrogen-bond acceptors (Lipinski definition) is 5. The van der Waals surface area contributed by atoms with Crippen LogP contribution in [0.25, 0.3) is 10.8 Å². The van der Waals surface area contributed by atoms with Crippen molar-refractivity contribution in [1.29, 1.82) is 0 Å². The summed E-state index contributed by atoms with van der Waals surface area (Å²) < 4.78 is 10.8. The Hall–Kier alpha value is -4.75. The third-order valence-corrected chi connectivity index (χ3v) is 7.64. The fraction of sp³-hybridized carbons (Fsp3) is 0.0909. The lowest BCUT2D eigenvalue weighted by Crippen LogP contribution is -2.19. The minimum atomic E-state index is -0.527. The molecule has 0 bridgehead atoms. The van der Waals surface area contributed by atoms with Crippen LogP contribution in [0.15, 0.2) is 120 Å². The number of rotatable bonds is 9. The second kappa shape index (κ2) is 12.4. The van der Waals surface area contributed by atoms with E-state index in [1.165, 1.54) is 26.0 Å². The number of nitrogens with one attached hydrogen (secondary N) is 2. The van der Waals surface area contributed by atoms with Crippen molar-refractivity contribution in [2.24, 2.45) is 0 Å². The molecule has 0 fully saturated rings. The molecule has 0 saturated heterocycles. The van der Waals surface area contributed by atoms with Gasteiger partial charge in [0.05, 0.1) is 14.2 Å². The van der Waals surface area contributed by atoms with E-state index in [2.05, 4.69) is 10.6 Å². The molecule has 0 aliphatic rings. The molecule has 6 nitrogen and oxygen atoms in total. The number of hydrogen-bond donors (Lipinski definition) is 2. The summed E-state index contributed by atoms with van der Waals surface area (Å²) in [4.78, 5) is 27.8. The van der Waals surface area contributed by atoms with Gasteiger partial charge in [0, 0.05) is 21.7 Å². The minimum Gasteiger partial charge on any atom is -0.496 e. The van der Waals surface area contributed by atoms with E-state index in [1.54, 1.807) is 24.3 Å². The van der Waals surface area contributed by atoms with Gasteiger partial charge < -0.3 is 20.1 Å². The molecule has 0 aromatic heterocycles. The fourth-order valence-electron chi connectivity index (χ4n) is 4.49. The first-order chi connectivity index (χ1) is 19.6. The smallest absolute Gasteiger partial charge is 0.263 e. The Morgan fingerprint density at radius 2 is 1.35 bits per heavy atom. The Morgan fingerprint density at radius 3 is 2.10 bits per heavy atom. The summed E-state index contributed by atoms with van der Waals surface area (Å²) in [6.07, 6.45) is 0. The number of carbonyl (C=O) groups excluding carboxylic acids is 2. The van der Waals surface area contributed by atoms with E-state index in [9.17, 15) is 9.59 Å². The van der Waals surface area contributed by atoms with Crippen LogP contribution in [0.1, 0.15) is 21.2 Å². The summed E-state index contributed by atoms with van der Waals surface area (Å²) in [5.41, 5.74) is 2.53. The molecule has 0 spiro atoms. The molecule has 2 N–H and O–H groups in total. The van der Waals surface area contributed by atoms with Crippen molar-refractivity contribution >= 4 is 45.7 Å². The van der Waals surface area contributed by atoms with E-state index in [4.69, 9.17) is 9.47 Å². The molecule has 0 radical (unpaired) electrons. The maximum absolute atomic E-state index is 13.7. The van der Waals surface area contributed by atoms with E-state index < -0.39 is 5.25 Å². The maximum Gasteiger partial charge on any atom is 0.263 e. The Morgan fingerprint density at radius 1 is 0.700 bits per heavy atom. The van der Waals surface area contributed by atoms with E-state index in [0.717, 1.165) is 26.9 Å². The Kier molecular flexibility index (Phi) is 8.32. The molecule has 2 amide bonds. The van der Waals surface area contributed by atoms with E-state index in [-0.39, 0.29) is 11.8 Å². The highest BCUT2D eigenvalue weighted by Gasteiger charge is 2.23. The van der Waals surface area contributed by atoms with Gasteiger partial charge in [0.15, 0.2) is 0 Å². The molecule has 0 aliphatic heterocycles. The highest BCUT2D eigenvalue weighted by Crippen LogP contribution is 2.38. The van der Waals surface area contributed by atoms with Gasteiger partial charge in [-0.05, 0) is 47.3 Å². The molecular weight excluding hydrogens is 520 g/mol. The van der Waals surface area contributed by atoms with Crippen LogP contribution in [0, 0.1) is 0 Å². The van der Waals surface area contributed by atoms with Gasteiger partial charge in [-0.25, -0.2) is 0 Å². The second-order valence-electron chi connectivity index (χ2n) is 8.94. The van der Waals surface area contributed by atoms with E-state index in [0.29, 0.717) is 22.7 Å². The highest BCUT2D eigenvalue weighted by molar-refractivity contribution is 8.00. The average molecular weight is 549 g/mol. The molecular formula is C33H28N2O4S. The summed E-state index contributed by atoms with van der Waals surface area (Å²) in [6.45, 7) is 0. The average Bonchev–Trinajstić information content (AvgIpc) is 3.00. The molecule has 200 valence electrons. The standard InChI is InChI=1S/C33H28N2O4S/c1-38-28-19-10-20-29(39-2)30(28)32(36)34-24-15-9-16-25(21-24)40-31(23-12-4-3-5-13-23)33(37)35-27-18-8-14-22-11-6-7-17-26(22)27/h3-21,31H,1-2H3,(H,34,36)(H,35,37). The lowest BCUT2D eigenvalue weighted by Gasteiger charge is -2.18. The van der Waals surface area contributed by atoms with Gasteiger partial charge in [0.1, 0.15) is 22.3 Å². The molecule has 5 rings (SSSR count). The minimum absolute atomic E-state index is 0.138.